The van der Waals surface area contributed by atoms with Gasteiger partial charge in [-0.25, -0.2) is 0 Å². The van der Waals surface area contributed by atoms with Gasteiger partial charge in [0, 0.05) is 5.56 Å². The number of carbonyl (C=O) groups excluding carboxylic acids is 1. The van der Waals surface area contributed by atoms with Gasteiger partial charge in [-0.05, 0) is 44.0 Å². The molecule has 28 heavy (non-hydrogen) atoms. The Morgan fingerprint density at radius 2 is 1.21 bits per heavy atom. The van der Waals surface area contributed by atoms with E-state index in [1.54, 1.807) is 12.1 Å². The molecule has 1 unspecified atom stereocenters. The smallest absolute Gasteiger partial charge is 0.248 e. The molecule has 0 spiro atoms. The van der Waals surface area contributed by atoms with Gasteiger partial charge in [-0.2, -0.15) is 0 Å². The molecule has 160 valence electrons. The highest BCUT2D eigenvalue weighted by Crippen LogP contribution is 2.17. The summed E-state index contributed by atoms with van der Waals surface area (Å²) in [5, 5.41) is 0. The van der Waals surface area contributed by atoms with Crippen LogP contribution in [0.25, 0.3) is 0 Å². The fourth-order valence-corrected chi connectivity index (χ4v) is 3.62. The fourth-order valence-electron chi connectivity index (χ4n) is 3.62. The topological polar surface area (TPSA) is 52.3 Å². The average molecular weight is 390 g/mol. The van der Waals surface area contributed by atoms with Gasteiger partial charge in [0.2, 0.25) is 5.91 Å². The van der Waals surface area contributed by atoms with Crippen LogP contribution in [0.3, 0.4) is 0 Å². The lowest BCUT2D eigenvalue weighted by Gasteiger charge is -2.14. The van der Waals surface area contributed by atoms with E-state index in [1.807, 2.05) is 12.1 Å². The minimum absolute atomic E-state index is 0.205. The van der Waals surface area contributed by atoms with Crippen molar-refractivity contribution in [1.82, 2.24) is 0 Å². The van der Waals surface area contributed by atoms with E-state index in [2.05, 4.69) is 13.8 Å². The molecule has 0 aromatic heterocycles. The van der Waals surface area contributed by atoms with Gasteiger partial charge >= 0.3 is 0 Å². The summed E-state index contributed by atoms with van der Waals surface area (Å²) in [7, 11) is 0. The van der Waals surface area contributed by atoms with E-state index in [1.165, 1.54) is 89.9 Å². The number of carbonyl (C=O) groups is 1. The van der Waals surface area contributed by atoms with Crippen LogP contribution in [0.5, 0.6) is 5.75 Å². The molecule has 1 amide bonds. The van der Waals surface area contributed by atoms with Crippen molar-refractivity contribution in [2.75, 3.05) is 0 Å². The second-order valence-electron chi connectivity index (χ2n) is 8.20. The highest BCUT2D eigenvalue weighted by atomic mass is 16.5. The van der Waals surface area contributed by atoms with E-state index in [0.717, 1.165) is 12.2 Å². The predicted molar refractivity (Wildman–Crippen MR) is 120 cm³/mol. The first-order valence-electron chi connectivity index (χ1n) is 11.7. The van der Waals surface area contributed by atoms with Crippen molar-refractivity contribution < 1.29 is 9.53 Å². The molecule has 0 aliphatic heterocycles. The van der Waals surface area contributed by atoms with Crippen molar-refractivity contribution in [2.24, 2.45) is 5.73 Å². The minimum atomic E-state index is -0.401. The lowest BCUT2D eigenvalue weighted by atomic mass is 10.0. The number of ether oxygens (including phenoxy) is 1. The molecular formula is C25H43NO2. The SMILES string of the molecule is CCCCCCCCCCCCCCCCC(C)Oc1ccc(C(N)=O)cc1. The van der Waals surface area contributed by atoms with Crippen LogP contribution >= 0.6 is 0 Å². The molecular weight excluding hydrogens is 346 g/mol. The highest BCUT2D eigenvalue weighted by molar-refractivity contribution is 5.92. The zero-order chi connectivity index (χ0) is 20.5. The summed E-state index contributed by atoms with van der Waals surface area (Å²) in [5.74, 6) is 0.407. The Labute approximate surface area is 173 Å². The average Bonchev–Trinajstić information content (AvgIpc) is 2.68. The third-order valence-electron chi connectivity index (χ3n) is 5.44. The molecule has 3 nitrogen and oxygen atoms in total. The molecule has 3 heteroatoms. The maximum Gasteiger partial charge on any atom is 0.248 e. The van der Waals surface area contributed by atoms with Crippen molar-refractivity contribution in [3.63, 3.8) is 0 Å². The Balaban J connectivity index is 1.89. The van der Waals surface area contributed by atoms with E-state index in [-0.39, 0.29) is 6.10 Å². The normalized spacial score (nSPS) is 12.1. The summed E-state index contributed by atoms with van der Waals surface area (Å²) in [6, 6.07) is 7.08. The lowest BCUT2D eigenvalue weighted by Crippen LogP contribution is -2.13. The van der Waals surface area contributed by atoms with E-state index < -0.39 is 5.91 Å². The quantitative estimate of drug-likeness (QED) is 0.265. The van der Waals surface area contributed by atoms with Gasteiger partial charge in [0.15, 0.2) is 0 Å². The van der Waals surface area contributed by atoms with Crippen LogP contribution in [0.15, 0.2) is 24.3 Å². The molecule has 0 heterocycles. The molecule has 0 saturated heterocycles. The maximum absolute atomic E-state index is 11.1. The number of nitrogens with two attached hydrogens (primary N) is 1. The number of unbranched alkanes of at least 4 members (excludes halogenated alkanes) is 13. The Morgan fingerprint density at radius 1 is 0.786 bits per heavy atom. The van der Waals surface area contributed by atoms with Crippen LogP contribution in [0.2, 0.25) is 0 Å². The standard InChI is InChI=1S/C25H43NO2/c1-3-4-5-6-7-8-9-10-11-12-13-14-15-16-17-22(2)28-24-20-18-23(19-21-24)25(26)27/h18-22H,3-17H2,1-2H3,(H2,26,27). The Bertz CT molecular complexity index is 498. The largest absolute Gasteiger partial charge is 0.491 e. The van der Waals surface area contributed by atoms with Crippen LogP contribution in [0.1, 0.15) is 121 Å². The Hall–Kier alpha value is -1.51. The first-order valence-corrected chi connectivity index (χ1v) is 11.7. The lowest BCUT2D eigenvalue weighted by molar-refractivity contribution is 0.1000. The van der Waals surface area contributed by atoms with Crippen LogP contribution in [0.4, 0.5) is 0 Å². The molecule has 1 aromatic rings. The monoisotopic (exact) mass is 389 g/mol. The van der Waals surface area contributed by atoms with Crippen molar-refractivity contribution in [3.8, 4) is 5.75 Å². The number of rotatable bonds is 18. The molecule has 0 bridgehead atoms. The molecule has 0 aliphatic rings. The summed E-state index contributed by atoms with van der Waals surface area (Å²) >= 11 is 0. The van der Waals surface area contributed by atoms with Crippen LogP contribution in [-0.2, 0) is 0 Å². The third-order valence-corrected chi connectivity index (χ3v) is 5.44. The summed E-state index contributed by atoms with van der Waals surface area (Å²) in [6.07, 6.45) is 20.7. The fraction of sp³-hybridized carbons (Fsp3) is 0.720. The zero-order valence-electron chi connectivity index (χ0n) is 18.4. The number of benzene rings is 1. The van der Waals surface area contributed by atoms with Gasteiger partial charge in [0.1, 0.15) is 5.75 Å². The summed E-state index contributed by atoms with van der Waals surface area (Å²) in [5.41, 5.74) is 5.77. The molecule has 0 fully saturated rings. The van der Waals surface area contributed by atoms with Crippen molar-refractivity contribution in [3.05, 3.63) is 29.8 Å². The number of amides is 1. The van der Waals surface area contributed by atoms with Gasteiger partial charge in [-0.1, -0.05) is 90.4 Å². The minimum Gasteiger partial charge on any atom is -0.491 e. The zero-order valence-corrected chi connectivity index (χ0v) is 18.4. The molecule has 0 radical (unpaired) electrons. The van der Waals surface area contributed by atoms with E-state index in [0.29, 0.717) is 5.56 Å². The first kappa shape index (κ1) is 24.5. The molecule has 1 rings (SSSR count). The van der Waals surface area contributed by atoms with Gasteiger partial charge in [-0.3, -0.25) is 4.79 Å². The van der Waals surface area contributed by atoms with Crippen LogP contribution in [0, 0.1) is 0 Å². The van der Waals surface area contributed by atoms with Crippen molar-refractivity contribution >= 4 is 5.91 Å². The molecule has 0 aliphatic carbocycles. The third kappa shape index (κ3) is 12.8. The van der Waals surface area contributed by atoms with E-state index in [9.17, 15) is 4.79 Å². The van der Waals surface area contributed by atoms with E-state index in [4.69, 9.17) is 10.5 Å². The first-order chi connectivity index (χ1) is 13.6. The highest BCUT2D eigenvalue weighted by Gasteiger charge is 2.05. The van der Waals surface area contributed by atoms with Gasteiger partial charge in [-0.15, -0.1) is 0 Å². The van der Waals surface area contributed by atoms with Crippen molar-refractivity contribution in [2.45, 2.75) is 116 Å². The molecule has 1 aromatic carbocycles. The number of hydrogen-bond acceptors (Lipinski definition) is 2. The summed E-state index contributed by atoms with van der Waals surface area (Å²) < 4.78 is 5.91. The van der Waals surface area contributed by atoms with Gasteiger partial charge in [0.25, 0.3) is 0 Å². The van der Waals surface area contributed by atoms with Gasteiger partial charge in [0.05, 0.1) is 6.10 Å². The second kappa shape index (κ2) is 16.4. The van der Waals surface area contributed by atoms with Crippen molar-refractivity contribution in [1.29, 1.82) is 0 Å². The number of hydrogen-bond donors (Lipinski definition) is 1. The summed E-state index contributed by atoms with van der Waals surface area (Å²) in [6.45, 7) is 4.40. The maximum atomic E-state index is 11.1. The number of primary amides is 1. The van der Waals surface area contributed by atoms with Crippen LogP contribution in [-0.4, -0.2) is 12.0 Å². The Morgan fingerprint density at radius 3 is 1.64 bits per heavy atom. The second-order valence-corrected chi connectivity index (χ2v) is 8.20. The molecule has 1 atom stereocenters. The Kier molecular flexibility index (Phi) is 14.4. The summed E-state index contributed by atoms with van der Waals surface area (Å²) in [4.78, 5) is 11.1. The molecule has 0 saturated carbocycles. The predicted octanol–water partition coefficient (Wildman–Crippen LogP) is 7.42. The van der Waals surface area contributed by atoms with Crippen LogP contribution < -0.4 is 10.5 Å². The van der Waals surface area contributed by atoms with E-state index >= 15 is 0 Å². The van der Waals surface area contributed by atoms with Gasteiger partial charge < -0.3 is 10.5 Å². The molecule has 2 N–H and O–H groups in total.